The van der Waals surface area contributed by atoms with Crippen LogP contribution in [0.3, 0.4) is 0 Å². The van der Waals surface area contributed by atoms with Crippen LogP contribution in [0.2, 0.25) is 0 Å². The van der Waals surface area contributed by atoms with Gasteiger partial charge in [0.1, 0.15) is 17.3 Å². The second kappa shape index (κ2) is 6.51. The first kappa shape index (κ1) is 15.1. The summed E-state index contributed by atoms with van der Waals surface area (Å²) in [5.41, 5.74) is 1.85. The zero-order valence-corrected chi connectivity index (χ0v) is 13.4. The van der Waals surface area contributed by atoms with E-state index in [4.69, 9.17) is 9.47 Å². The molecule has 2 aromatic heterocycles. The molecule has 1 N–H and O–H groups in total. The lowest BCUT2D eigenvalue weighted by molar-refractivity contribution is 0.391. The molecule has 0 spiro atoms. The van der Waals surface area contributed by atoms with Gasteiger partial charge in [-0.2, -0.15) is 4.52 Å². The maximum Gasteiger partial charge on any atom is 0.178 e. The zero-order valence-electron chi connectivity index (χ0n) is 13.4. The van der Waals surface area contributed by atoms with E-state index in [2.05, 4.69) is 20.6 Å². The first-order chi connectivity index (χ1) is 11.2. The number of nitrogens with zero attached hydrogens (tertiary/aromatic N) is 4. The number of rotatable bonds is 6. The molecule has 3 rings (SSSR count). The summed E-state index contributed by atoms with van der Waals surface area (Å²) in [4.78, 5) is 0. The highest BCUT2D eigenvalue weighted by molar-refractivity contribution is 5.45. The topological polar surface area (TPSA) is 73.6 Å². The maximum absolute atomic E-state index is 5.41. The first-order valence-corrected chi connectivity index (χ1v) is 7.35. The third-order valence-corrected chi connectivity index (χ3v) is 3.61. The Balaban J connectivity index is 1.67. The van der Waals surface area contributed by atoms with Gasteiger partial charge in [0.2, 0.25) is 0 Å². The largest absolute Gasteiger partial charge is 0.497 e. The van der Waals surface area contributed by atoms with Gasteiger partial charge >= 0.3 is 0 Å². The highest BCUT2D eigenvalue weighted by atomic mass is 16.5. The van der Waals surface area contributed by atoms with E-state index >= 15 is 0 Å². The molecule has 0 saturated carbocycles. The van der Waals surface area contributed by atoms with Crippen LogP contribution in [0.5, 0.6) is 11.5 Å². The monoisotopic (exact) mass is 313 g/mol. The Morgan fingerprint density at radius 1 is 1.09 bits per heavy atom. The Labute approximate surface area is 134 Å². The quantitative estimate of drug-likeness (QED) is 0.751. The van der Waals surface area contributed by atoms with E-state index in [-0.39, 0.29) is 0 Å². The molecule has 0 aliphatic rings. The van der Waals surface area contributed by atoms with Crippen molar-refractivity contribution in [2.45, 2.75) is 13.3 Å². The van der Waals surface area contributed by atoms with Crippen molar-refractivity contribution in [1.29, 1.82) is 0 Å². The minimum absolute atomic E-state index is 0.738. The summed E-state index contributed by atoms with van der Waals surface area (Å²) in [5.74, 6) is 3.16. The molecule has 0 amide bonds. The van der Waals surface area contributed by atoms with Crippen LogP contribution in [0, 0.1) is 6.92 Å². The molecule has 2 heterocycles. The molecule has 0 radical (unpaired) electrons. The smallest absolute Gasteiger partial charge is 0.178 e. The average molecular weight is 313 g/mol. The molecule has 0 unspecified atom stereocenters. The average Bonchev–Trinajstić information content (AvgIpc) is 2.96. The number of ether oxygens (including phenoxy) is 2. The number of hydrogen-bond acceptors (Lipinski definition) is 6. The molecule has 0 aliphatic heterocycles. The van der Waals surface area contributed by atoms with Crippen molar-refractivity contribution in [1.82, 2.24) is 19.8 Å². The van der Waals surface area contributed by atoms with E-state index < -0.39 is 0 Å². The van der Waals surface area contributed by atoms with E-state index in [1.54, 1.807) is 18.7 Å². The number of methoxy groups -OCH3 is 2. The summed E-state index contributed by atoms with van der Waals surface area (Å²) in [7, 11) is 3.31. The summed E-state index contributed by atoms with van der Waals surface area (Å²) in [5, 5.41) is 15.8. The molecule has 120 valence electrons. The van der Waals surface area contributed by atoms with Gasteiger partial charge < -0.3 is 14.8 Å². The van der Waals surface area contributed by atoms with Crippen molar-refractivity contribution in [2.24, 2.45) is 0 Å². The fourth-order valence-corrected chi connectivity index (χ4v) is 2.37. The SMILES string of the molecule is COc1ccc(CCNc2ccc3nnc(C)n3n2)c(OC)c1. The number of aryl methyl sites for hydroxylation is 1. The maximum atomic E-state index is 5.41. The van der Waals surface area contributed by atoms with Gasteiger partial charge in [-0.1, -0.05) is 6.07 Å². The van der Waals surface area contributed by atoms with E-state index in [0.29, 0.717) is 0 Å². The predicted octanol–water partition coefficient (Wildman–Crippen LogP) is 2.10. The van der Waals surface area contributed by atoms with Gasteiger partial charge in [0.15, 0.2) is 11.5 Å². The van der Waals surface area contributed by atoms with Crippen LogP contribution in [0.1, 0.15) is 11.4 Å². The molecule has 0 atom stereocenters. The summed E-state index contributed by atoms with van der Waals surface area (Å²) in [6.07, 6.45) is 0.814. The third kappa shape index (κ3) is 3.18. The van der Waals surface area contributed by atoms with Crippen LogP contribution in [0.25, 0.3) is 5.65 Å². The molecule has 0 bridgehead atoms. The predicted molar refractivity (Wildman–Crippen MR) is 87.3 cm³/mol. The Hall–Kier alpha value is -2.83. The molecule has 7 heteroatoms. The van der Waals surface area contributed by atoms with E-state index in [0.717, 1.165) is 47.3 Å². The minimum Gasteiger partial charge on any atom is -0.497 e. The van der Waals surface area contributed by atoms with Crippen LogP contribution in [-0.4, -0.2) is 40.6 Å². The van der Waals surface area contributed by atoms with Crippen molar-refractivity contribution in [3.05, 3.63) is 41.7 Å². The van der Waals surface area contributed by atoms with Crippen LogP contribution in [0.15, 0.2) is 30.3 Å². The lowest BCUT2D eigenvalue weighted by Gasteiger charge is -2.11. The van der Waals surface area contributed by atoms with Crippen LogP contribution >= 0.6 is 0 Å². The third-order valence-electron chi connectivity index (χ3n) is 3.61. The van der Waals surface area contributed by atoms with E-state index in [1.165, 1.54) is 0 Å². The number of hydrogen-bond donors (Lipinski definition) is 1. The highest BCUT2D eigenvalue weighted by Gasteiger charge is 2.06. The van der Waals surface area contributed by atoms with Crippen LogP contribution < -0.4 is 14.8 Å². The van der Waals surface area contributed by atoms with Gasteiger partial charge in [0, 0.05) is 12.6 Å². The Kier molecular flexibility index (Phi) is 4.27. The molecule has 0 fully saturated rings. The summed E-state index contributed by atoms with van der Waals surface area (Å²) >= 11 is 0. The van der Waals surface area contributed by atoms with Crippen molar-refractivity contribution < 1.29 is 9.47 Å². The Morgan fingerprint density at radius 3 is 2.74 bits per heavy atom. The van der Waals surface area contributed by atoms with Crippen molar-refractivity contribution in [3.63, 3.8) is 0 Å². The molecule has 0 saturated heterocycles. The van der Waals surface area contributed by atoms with E-state index in [1.807, 2.05) is 37.3 Å². The number of anilines is 1. The van der Waals surface area contributed by atoms with Gasteiger partial charge in [0.25, 0.3) is 0 Å². The summed E-state index contributed by atoms with van der Waals surface area (Å²) < 4.78 is 12.3. The highest BCUT2D eigenvalue weighted by Crippen LogP contribution is 2.24. The minimum atomic E-state index is 0.738. The Bertz CT molecular complexity index is 815. The number of aromatic nitrogens is 4. The fraction of sp³-hybridized carbons (Fsp3) is 0.312. The Morgan fingerprint density at radius 2 is 1.96 bits per heavy atom. The van der Waals surface area contributed by atoms with Gasteiger partial charge in [0.05, 0.1) is 14.2 Å². The number of benzene rings is 1. The molecule has 0 aliphatic carbocycles. The van der Waals surface area contributed by atoms with E-state index in [9.17, 15) is 0 Å². The summed E-state index contributed by atoms with van der Waals surface area (Å²) in [6.45, 7) is 2.61. The number of fused-ring (bicyclic) bond motifs is 1. The van der Waals surface area contributed by atoms with Crippen LogP contribution in [-0.2, 0) is 6.42 Å². The zero-order chi connectivity index (χ0) is 16.2. The molecule has 23 heavy (non-hydrogen) atoms. The first-order valence-electron chi connectivity index (χ1n) is 7.35. The normalized spacial score (nSPS) is 10.7. The molecular formula is C16H19N5O2. The second-order valence-corrected chi connectivity index (χ2v) is 5.09. The molecule has 1 aromatic carbocycles. The second-order valence-electron chi connectivity index (χ2n) is 5.09. The lowest BCUT2D eigenvalue weighted by Crippen LogP contribution is -2.09. The van der Waals surface area contributed by atoms with Gasteiger partial charge in [-0.3, -0.25) is 0 Å². The van der Waals surface area contributed by atoms with Gasteiger partial charge in [-0.25, -0.2) is 0 Å². The molecule has 3 aromatic rings. The lowest BCUT2D eigenvalue weighted by atomic mass is 10.1. The summed E-state index contributed by atoms with van der Waals surface area (Å²) in [6, 6.07) is 9.63. The van der Waals surface area contributed by atoms with Crippen molar-refractivity contribution >= 4 is 11.5 Å². The van der Waals surface area contributed by atoms with Gasteiger partial charge in [-0.05, 0) is 37.1 Å². The van der Waals surface area contributed by atoms with Gasteiger partial charge in [-0.15, -0.1) is 15.3 Å². The molecular weight excluding hydrogens is 294 g/mol. The number of nitrogens with one attached hydrogen (secondary N) is 1. The fourth-order valence-electron chi connectivity index (χ4n) is 2.37. The van der Waals surface area contributed by atoms with Crippen LogP contribution in [0.4, 0.5) is 5.82 Å². The molecule has 7 nitrogen and oxygen atoms in total. The van der Waals surface area contributed by atoms with Crippen molar-refractivity contribution in [2.75, 3.05) is 26.1 Å². The van der Waals surface area contributed by atoms with Crippen molar-refractivity contribution in [3.8, 4) is 11.5 Å². The standard InChI is InChI=1S/C16H19N5O2/c1-11-18-19-16-7-6-15(20-21(11)16)17-9-8-12-4-5-13(22-2)10-14(12)23-3/h4-7,10H,8-9H2,1-3H3,(H,17,20).